The van der Waals surface area contributed by atoms with Crippen molar-refractivity contribution in [2.75, 3.05) is 39.4 Å². The molecule has 4 aliphatic heterocycles. The summed E-state index contributed by atoms with van der Waals surface area (Å²) in [6.45, 7) is 7.58. The Morgan fingerprint density at radius 1 is 1.17 bits per heavy atom. The normalized spacial score (nSPS) is 31.5. The van der Waals surface area contributed by atoms with Crippen LogP contribution in [0.2, 0.25) is 0 Å². The van der Waals surface area contributed by atoms with Gasteiger partial charge in [0.25, 0.3) is 0 Å². The van der Waals surface area contributed by atoms with E-state index in [1.807, 2.05) is 29.7 Å². The molecule has 4 fully saturated rings. The molecule has 2 unspecified atom stereocenters. The van der Waals surface area contributed by atoms with E-state index >= 15 is 0 Å². The minimum Gasteiger partial charge on any atom is -0.442 e. The third-order valence-electron chi connectivity index (χ3n) is 6.89. The third-order valence-corrected chi connectivity index (χ3v) is 6.89. The Labute approximate surface area is 178 Å². The number of nitrogens with zero attached hydrogens (tertiary/aromatic N) is 3. The zero-order valence-corrected chi connectivity index (χ0v) is 18.0. The van der Waals surface area contributed by atoms with Crippen LogP contribution in [0.15, 0.2) is 11.6 Å². The van der Waals surface area contributed by atoms with Crippen LogP contribution < -0.4 is 0 Å². The first-order valence-corrected chi connectivity index (χ1v) is 11.3. The van der Waals surface area contributed by atoms with Crippen LogP contribution in [-0.4, -0.2) is 90.2 Å². The lowest BCUT2D eigenvalue weighted by Gasteiger charge is -2.28. The highest BCUT2D eigenvalue weighted by Gasteiger charge is 2.52. The first kappa shape index (κ1) is 21.2. The number of hydrogen-bond donors (Lipinski definition) is 0. The van der Waals surface area contributed by atoms with Gasteiger partial charge in [0, 0.05) is 44.8 Å². The second-order valence-corrected chi connectivity index (χ2v) is 8.95. The van der Waals surface area contributed by atoms with Crippen molar-refractivity contribution in [1.29, 1.82) is 0 Å². The van der Waals surface area contributed by atoms with Crippen LogP contribution in [0.3, 0.4) is 0 Å². The number of rotatable bonds is 6. The Bertz CT molecular complexity index is 718. The third kappa shape index (κ3) is 4.19. The maximum Gasteiger partial charge on any atom is 0.410 e. The number of amides is 3. The topological polar surface area (TPSA) is 79.4 Å². The molecule has 0 aromatic rings. The lowest BCUT2D eigenvalue weighted by Crippen LogP contribution is -2.47. The van der Waals surface area contributed by atoms with Crippen molar-refractivity contribution in [3.05, 3.63) is 11.6 Å². The minimum atomic E-state index is -0.305. The smallest absolute Gasteiger partial charge is 0.410 e. The van der Waals surface area contributed by atoms with E-state index in [0.717, 1.165) is 44.5 Å². The molecule has 4 heterocycles. The molecule has 4 rings (SSSR count). The molecule has 0 aliphatic carbocycles. The first-order chi connectivity index (χ1) is 14.5. The summed E-state index contributed by atoms with van der Waals surface area (Å²) in [6.07, 6.45) is 5.37. The van der Waals surface area contributed by atoms with Gasteiger partial charge >= 0.3 is 6.09 Å². The summed E-state index contributed by atoms with van der Waals surface area (Å²) in [5.41, 5.74) is 0.755. The minimum absolute atomic E-state index is 0.0441. The molecule has 0 radical (unpaired) electrons. The lowest BCUT2D eigenvalue weighted by molar-refractivity contribution is -0.131. The Balaban J connectivity index is 1.33. The van der Waals surface area contributed by atoms with E-state index < -0.39 is 0 Å². The maximum atomic E-state index is 12.7. The van der Waals surface area contributed by atoms with Gasteiger partial charge in [0.1, 0.15) is 6.10 Å². The van der Waals surface area contributed by atoms with E-state index in [-0.39, 0.29) is 36.1 Å². The molecule has 0 aromatic carbocycles. The van der Waals surface area contributed by atoms with Crippen molar-refractivity contribution in [2.45, 2.75) is 64.1 Å². The number of carbonyl (C=O) groups excluding carboxylic acids is 3. The van der Waals surface area contributed by atoms with Crippen LogP contribution in [0, 0.1) is 5.92 Å². The predicted octanol–water partition coefficient (Wildman–Crippen LogP) is 1.79. The van der Waals surface area contributed by atoms with Gasteiger partial charge in [-0.1, -0.05) is 13.0 Å². The lowest BCUT2D eigenvalue weighted by atomic mass is 10.0. The molecule has 4 aliphatic rings. The summed E-state index contributed by atoms with van der Waals surface area (Å²) >= 11 is 0. The fraction of sp³-hybridized carbons (Fsp3) is 0.773. The number of fused-ring (bicyclic) bond motifs is 1. The van der Waals surface area contributed by atoms with E-state index in [1.54, 1.807) is 4.90 Å². The summed E-state index contributed by atoms with van der Waals surface area (Å²) in [6, 6.07) is -0.153. The Morgan fingerprint density at radius 2 is 2.00 bits per heavy atom. The van der Waals surface area contributed by atoms with Crippen molar-refractivity contribution in [3.63, 3.8) is 0 Å². The van der Waals surface area contributed by atoms with Crippen molar-refractivity contribution in [3.8, 4) is 0 Å². The van der Waals surface area contributed by atoms with E-state index in [2.05, 4.69) is 0 Å². The van der Waals surface area contributed by atoms with Crippen molar-refractivity contribution in [1.82, 2.24) is 14.7 Å². The van der Waals surface area contributed by atoms with Gasteiger partial charge in [0.05, 0.1) is 18.6 Å². The van der Waals surface area contributed by atoms with Gasteiger partial charge in [0.2, 0.25) is 11.8 Å². The molecule has 8 heteroatoms. The van der Waals surface area contributed by atoms with Crippen molar-refractivity contribution in [2.24, 2.45) is 5.92 Å². The largest absolute Gasteiger partial charge is 0.442 e. The fourth-order valence-electron chi connectivity index (χ4n) is 5.18. The van der Waals surface area contributed by atoms with Gasteiger partial charge in [-0.3, -0.25) is 14.5 Å². The van der Waals surface area contributed by atoms with E-state index in [1.165, 1.54) is 0 Å². The van der Waals surface area contributed by atoms with Crippen LogP contribution >= 0.6 is 0 Å². The number of hydrogen-bond acceptors (Lipinski definition) is 5. The second-order valence-electron chi connectivity index (χ2n) is 8.95. The fourth-order valence-corrected chi connectivity index (χ4v) is 5.18. The molecule has 8 nitrogen and oxygen atoms in total. The van der Waals surface area contributed by atoms with Gasteiger partial charge in [-0.25, -0.2) is 4.79 Å². The Hall–Kier alpha value is -2.09. The number of likely N-dealkylation sites (tertiary alicyclic amines) is 2. The predicted molar refractivity (Wildman–Crippen MR) is 110 cm³/mol. The molecule has 0 saturated carbocycles. The SMILES string of the molecule is CC/C=C(\C)C(=O)N1CCC(N2C(=O)O[C@H]3CN(C(=O)CCC4CCOC4)C[C@H]32)C1. The van der Waals surface area contributed by atoms with Crippen molar-refractivity contribution >= 4 is 17.9 Å². The molecule has 30 heavy (non-hydrogen) atoms. The first-order valence-electron chi connectivity index (χ1n) is 11.3. The molecule has 4 saturated heterocycles. The molecular formula is C22H33N3O5. The van der Waals surface area contributed by atoms with Crippen LogP contribution in [0.5, 0.6) is 0 Å². The zero-order valence-electron chi connectivity index (χ0n) is 18.0. The van der Waals surface area contributed by atoms with Gasteiger partial charge < -0.3 is 19.3 Å². The average molecular weight is 420 g/mol. The second kappa shape index (κ2) is 8.96. The summed E-state index contributed by atoms with van der Waals surface area (Å²) < 4.78 is 11.0. The highest BCUT2D eigenvalue weighted by Crippen LogP contribution is 2.32. The summed E-state index contributed by atoms with van der Waals surface area (Å²) in [5, 5.41) is 0. The average Bonchev–Trinajstić information content (AvgIpc) is 3.49. The molecule has 0 N–H and O–H groups in total. The summed E-state index contributed by atoms with van der Waals surface area (Å²) in [5.74, 6) is 0.663. The van der Waals surface area contributed by atoms with Gasteiger partial charge in [-0.05, 0) is 38.5 Å². The van der Waals surface area contributed by atoms with Crippen LogP contribution in [0.4, 0.5) is 4.79 Å². The van der Waals surface area contributed by atoms with E-state index in [4.69, 9.17) is 9.47 Å². The molecule has 0 spiro atoms. The molecule has 0 bridgehead atoms. The maximum absolute atomic E-state index is 12.7. The molecule has 4 atom stereocenters. The number of ether oxygens (including phenoxy) is 2. The summed E-state index contributed by atoms with van der Waals surface area (Å²) in [7, 11) is 0. The highest BCUT2D eigenvalue weighted by atomic mass is 16.6. The number of carbonyl (C=O) groups is 3. The molecular weight excluding hydrogens is 386 g/mol. The molecule has 3 amide bonds. The van der Waals surface area contributed by atoms with Gasteiger partial charge in [-0.15, -0.1) is 0 Å². The van der Waals surface area contributed by atoms with Crippen LogP contribution in [0.25, 0.3) is 0 Å². The van der Waals surface area contributed by atoms with Crippen molar-refractivity contribution < 1.29 is 23.9 Å². The van der Waals surface area contributed by atoms with Gasteiger partial charge in [0.15, 0.2) is 0 Å². The van der Waals surface area contributed by atoms with E-state index in [0.29, 0.717) is 38.5 Å². The molecule has 0 aromatic heterocycles. The standard InChI is InChI=1S/C22H33N3O5/c1-3-4-15(2)21(27)23-9-7-17(11-23)25-18-12-24(13-19(18)30-22(25)28)20(26)6-5-16-8-10-29-14-16/h4,16-19H,3,5-14H2,1-2H3/b15-4+/t16?,17?,18-,19+/m1/s1. The van der Waals surface area contributed by atoms with E-state index in [9.17, 15) is 14.4 Å². The van der Waals surface area contributed by atoms with Crippen LogP contribution in [0.1, 0.15) is 46.0 Å². The highest BCUT2D eigenvalue weighted by molar-refractivity contribution is 5.93. The quantitative estimate of drug-likeness (QED) is 0.614. The molecule has 166 valence electrons. The number of allylic oxidation sites excluding steroid dienone is 1. The monoisotopic (exact) mass is 419 g/mol. The Morgan fingerprint density at radius 3 is 2.73 bits per heavy atom. The summed E-state index contributed by atoms with van der Waals surface area (Å²) in [4.78, 5) is 43.3. The van der Waals surface area contributed by atoms with Gasteiger partial charge in [-0.2, -0.15) is 0 Å². The zero-order chi connectivity index (χ0) is 21.3. The Kier molecular flexibility index (Phi) is 6.32. The van der Waals surface area contributed by atoms with Crippen LogP contribution in [-0.2, 0) is 19.1 Å².